The van der Waals surface area contributed by atoms with Gasteiger partial charge in [-0.15, -0.1) is 0 Å². The van der Waals surface area contributed by atoms with Crippen LogP contribution in [0.5, 0.6) is 0 Å². The van der Waals surface area contributed by atoms with Gasteiger partial charge < -0.3 is 10.4 Å². The molecule has 118 valence electrons. The molecule has 4 nitrogen and oxygen atoms in total. The lowest BCUT2D eigenvalue weighted by atomic mass is 9.74. The summed E-state index contributed by atoms with van der Waals surface area (Å²) in [6.45, 7) is 0.515. The van der Waals surface area contributed by atoms with E-state index in [1.54, 1.807) is 0 Å². The molecule has 2 N–H and O–H groups in total. The average Bonchev–Trinajstić information content (AvgIpc) is 2.46. The van der Waals surface area contributed by atoms with E-state index >= 15 is 0 Å². The normalized spacial score (nSPS) is 18.4. The van der Waals surface area contributed by atoms with Crippen molar-refractivity contribution in [2.45, 2.75) is 37.0 Å². The minimum atomic E-state index is -3.36. The molecule has 2 rings (SSSR count). The molecule has 0 bridgehead atoms. The van der Waals surface area contributed by atoms with Gasteiger partial charge in [-0.1, -0.05) is 19.3 Å². The lowest BCUT2D eigenvalue weighted by Gasteiger charge is -2.36. The lowest BCUT2D eigenvalue weighted by Crippen LogP contribution is -2.35. The minimum Gasteiger partial charge on any atom is -0.396 e. The molecule has 6 heteroatoms. The van der Waals surface area contributed by atoms with Gasteiger partial charge in [0, 0.05) is 18.2 Å². The molecule has 0 heterocycles. The second-order valence-electron chi connectivity index (χ2n) is 5.99. The SMILES string of the molecule is CS(=O)(=O)c1ccc(F)c(NCC2(CO)CCCCC2)c1. The zero-order valence-corrected chi connectivity index (χ0v) is 13.0. The van der Waals surface area contributed by atoms with Crippen molar-refractivity contribution in [2.24, 2.45) is 5.41 Å². The monoisotopic (exact) mass is 315 g/mol. The van der Waals surface area contributed by atoms with E-state index in [1.165, 1.54) is 18.6 Å². The van der Waals surface area contributed by atoms with Gasteiger partial charge in [-0.3, -0.25) is 0 Å². The number of hydrogen-bond donors (Lipinski definition) is 2. The molecule has 0 aliphatic heterocycles. The topological polar surface area (TPSA) is 66.4 Å². The minimum absolute atomic E-state index is 0.0629. The number of aliphatic hydroxyl groups is 1. The van der Waals surface area contributed by atoms with Crippen LogP contribution in [0.1, 0.15) is 32.1 Å². The molecule has 0 aromatic heterocycles. The van der Waals surface area contributed by atoms with E-state index in [-0.39, 0.29) is 22.6 Å². The highest BCUT2D eigenvalue weighted by atomic mass is 32.2. The quantitative estimate of drug-likeness (QED) is 0.820. The summed E-state index contributed by atoms with van der Waals surface area (Å²) in [6.07, 6.45) is 6.20. The summed E-state index contributed by atoms with van der Waals surface area (Å²) in [7, 11) is -3.36. The summed E-state index contributed by atoms with van der Waals surface area (Å²) in [5.41, 5.74) is -0.0532. The third-order valence-corrected chi connectivity index (χ3v) is 5.38. The fraction of sp³-hybridized carbons (Fsp3) is 0.600. The Morgan fingerprint density at radius 2 is 1.95 bits per heavy atom. The van der Waals surface area contributed by atoms with Crippen LogP contribution in [0.3, 0.4) is 0 Å². The van der Waals surface area contributed by atoms with E-state index in [0.29, 0.717) is 6.54 Å². The van der Waals surface area contributed by atoms with Crippen LogP contribution in [0, 0.1) is 11.2 Å². The highest BCUT2D eigenvalue weighted by Gasteiger charge is 2.31. The highest BCUT2D eigenvalue weighted by molar-refractivity contribution is 7.90. The Morgan fingerprint density at radius 3 is 2.52 bits per heavy atom. The second kappa shape index (κ2) is 6.32. The maximum atomic E-state index is 13.8. The first-order valence-corrected chi connectivity index (χ1v) is 9.10. The van der Waals surface area contributed by atoms with Gasteiger partial charge in [0.25, 0.3) is 0 Å². The summed E-state index contributed by atoms with van der Waals surface area (Å²) >= 11 is 0. The molecule has 0 atom stereocenters. The zero-order chi connectivity index (χ0) is 15.5. The molecular weight excluding hydrogens is 293 g/mol. The van der Waals surface area contributed by atoms with Crippen molar-refractivity contribution in [1.82, 2.24) is 0 Å². The van der Waals surface area contributed by atoms with Gasteiger partial charge in [0.05, 0.1) is 17.2 Å². The van der Waals surface area contributed by atoms with Crippen LogP contribution in [-0.4, -0.2) is 32.9 Å². The first kappa shape index (κ1) is 16.2. The van der Waals surface area contributed by atoms with Gasteiger partial charge in [-0.25, -0.2) is 12.8 Å². The van der Waals surface area contributed by atoms with Crippen LogP contribution in [0.25, 0.3) is 0 Å². The van der Waals surface area contributed by atoms with Crippen LogP contribution in [0.2, 0.25) is 0 Å². The molecule has 0 spiro atoms. The maximum absolute atomic E-state index is 13.8. The van der Waals surface area contributed by atoms with E-state index in [1.807, 2.05) is 0 Å². The maximum Gasteiger partial charge on any atom is 0.175 e. The van der Waals surface area contributed by atoms with Crippen molar-refractivity contribution < 1.29 is 17.9 Å². The number of benzene rings is 1. The largest absolute Gasteiger partial charge is 0.396 e. The van der Waals surface area contributed by atoms with E-state index in [9.17, 15) is 17.9 Å². The Bertz CT molecular complexity index is 595. The molecule has 0 saturated heterocycles. The third-order valence-electron chi connectivity index (χ3n) is 4.27. The van der Waals surface area contributed by atoms with E-state index in [4.69, 9.17) is 0 Å². The van der Waals surface area contributed by atoms with Gasteiger partial charge in [0.1, 0.15) is 5.82 Å². The number of halogens is 1. The molecule has 1 aromatic carbocycles. The van der Waals surface area contributed by atoms with Crippen molar-refractivity contribution in [2.75, 3.05) is 24.7 Å². The number of sulfone groups is 1. The number of anilines is 1. The second-order valence-corrected chi connectivity index (χ2v) is 8.00. The van der Waals surface area contributed by atoms with Gasteiger partial charge in [0.15, 0.2) is 9.84 Å². The van der Waals surface area contributed by atoms with E-state index in [2.05, 4.69) is 5.32 Å². The number of rotatable bonds is 5. The Kier molecular flexibility index (Phi) is 4.88. The highest BCUT2D eigenvalue weighted by Crippen LogP contribution is 2.36. The van der Waals surface area contributed by atoms with Gasteiger partial charge in [0.2, 0.25) is 0 Å². The molecule has 0 amide bonds. The molecule has 1 aromatic rings. The molecule has 1 saturated carbocycles. The van der Waals surface area contributed by atoms with Crippen LogP contribution >= 0.6 is 0 Å². The summed E-state index contributed by atoms with van der Waals surface area (Å²) in [5, 5.41) is 12.6. The number of nitrogens with one attached hydrogen (secondary N) is 1. The van der Waals surface area contributed by atoms with Gasteiger partial charge >= 0.3 is 0 Å². The van der Waals surface area contributed by atoms with Crippen LogP contribution in [0.15, 0.2) is 23.1 Å². The lowest BCUT2D eigenvalue weighted by molar-refractivity contribution is 0.0943. The van der Waals surface area contributed by atoms with Gasteiger partial charge in [-0.2, -0.15) is 0 Å². The predicted molar refractivity (Wildman–Crippen MR) is 80.6 cm³/mol. The molecule has 1 aliphatic carbocycles. The summed E-state index contributed by atoms with van der Waals surface area (Å²) in [6, 6.07) is 3.74. The van der Waals surface area contributed by atoms with Crippen LogP contribution in [0.4, 0.5) is 10.1 Å². The Morgan fingerprint density at radius 1 is 1.29 bits per heavy atom. The number of hydrogen-bond acceptors (Lipinski definition) is 4. The van der Waals surface area contributed by atoms with Crippen molar-refractivity contribution >= 4 is 15.5 Å². The first-order chi connectivity index (χ1) is 9.86. The third kappa shape index (κ3) is 3.95. The Balaban J connectivity index is 2.15. The molecule has 1 fully saturated rings. The summed E-state index contributed by atoms with van der Waals surface area (Å²) in [5.74, 6) is -0.480. The molecule has 0 radical (unpaired) electrons. The fourth-order valence-electron chi connectivity index (χ4n) is 2.85. The van der Waals surface area contributed by atoms with Crippen molar-refractivity contribution in [3.8, 4) is 0 Å². The standard InChI is InChI=1S/C15H22FNO3S/c1-21(19,20)12-5-6-13(16)14(9-12)17-10-15(11-18)7-3-2-4-8-15/h5-6,9,17-18H,2-4,7-8,10-11H2,1H3. The van der Waals surface area contributed by atoms with Crippen LogP contribution < -0.4 is 5.32 Å². The average molecular weight is 315 g/mol. The van der Waals surface area contributed by atoms with Crippen molar-refractivity contribution in [3.05, 3.63) is 24.0 Å². The number of aliphatic hydroxyl groups excluding tert-OH is 1. The van der Waals surface area contributed by atoms with E-state index in [0.717, 1.165) is 38.0 Å². The van der Waals surface area contributed by atoms with Crippen molar-refractivity contribution in [3.63, 3.8) is 0 Å². The summed E-state index contributed by atoms with van der Waals surface area (Å²) < 4.78 is 36.9. The molecule has 0 unspecified atom stereocenters. The van der Waals surface area contributed by atoms with Crippen LogP contribution in [-0.2, 0) is 9.84 Å². The Hall–Kier alpha value is -1.14. The molecule has 1 aliphatic rings. The van der Waals surface area contributed by atoms with Gasteiger partial charge in [-0.05, 0) is 31.0 Å². The zero-order valence-electron chi connectivity index (χ0n) is 12.2. The van der Waals surface area contributed by atoms with Crippen molar-refractivity contribution in [1.29, 1.82) is 0 Å². The smallest absolute Gasteiger partial charge is 0.175 e. The molecular formula is C15H22FNO3S. The Labute approximate surface area is 125 Å². The van der Waals surface area contributed by atoms with E-state index < -0.39 is 15.7 Å². The first-order valence-electron chi connectivity index (χ1n) is 7.21. The predicted octanol–water partition coefficient (Wildman–Crippen LogP) is 2.58. The molecule has 21 heavy (non-hydrogen) atoms. The fourth-order valence-corrected chi connectivity index (χ4v) is 3.49. The summed E-state index contributed by atoms with van der Waals surface area (Å²) in [4.78, 5) is 0.0908.